The van der Waals surface area contributed by atoms with Crippen molar-refractivity contribution in [2.45, 2.75) is 13.5 Å². The molecule has 0 saturated heterocycles. The van der Waals surface area contributed by atoms with Gasteiger partial charge in [0, 0.05) is 18.5 Å². The van der Waals surface area contributed by atoms with Crippen LogP contribution in [0.4, 0.5) is 0 Å². The van der Waals surface area contributed by atoms with E-state index in [1.54, 1.807) is 16.2 Å². The van der Waals surface area contributed by atoms with E-state index in [9.17, 15) is 4.79 Å². The van der Waals surface area contributed by atoms with E-state index in [1.165, 1.54) is 5.56 Å². The lowest BCUT2D eigenvalue weighted by Crippen LogP contribution is -2.18. The second-order valence-electron chi connectivity index (χ2n) is 2.85. The van der Waals surface area contributed by atoms with Crippen LogP contribution in [0, 0.1) is 6.92 Å². The fourth-order valence-electron chi connectivity index (χ4n) is 1.43. The minimum absolute atomic E-state index is 0.179. The first-order chi connectivity index (χ1) is 5.20. The van der Waals surface area contributed by atoms with Crippen LogP contribution >= 0.6 is 11.3 Å². The molecule has 1 amide bonds. The molecule has 0 N–H and O–H groups in total. The van der Waals surface area contributed by atoms with Gasteiger partial charge in [-0.1, -0.05) is 0 Å². The van der Waals surface area contributed by atoms with Crippen molar-refractivity contribution in [3.05, 3.63) is 21.4 Å². The summed E-state index contributed by atoms with van der Waals surface area (Å²) in [4.78, 5) is 14.3. The zero-order valence-corrected chi connectivity index (χ0v) is 7.36. The molecule has 0 saturated carbocycles. The maximum atomic E-state index is 11.4. The van der Waals surface area contributed by atoms with Crippen LogP contribution in [-0.2, 0) is 6.54 Å². The Morgan fingerprint density at radius 3 is 3.00 bits per heavy atom. The number of rotatable bonds is 0. The highest BCUT2D eigenvalue weighted by atomic mass is 32.1. The van der Waals surface area contributed by atoms with E-state index >= 15 is 0 Å². The van der Waals surface area contributed by atoms with Gasteiger partial charge in [0.25, 0.3) is 5.91 Å². The number of hydrogen-bond donors (Lipinski definition) is 0. The second-order valence-corrected chi connectivity index (χ2v) is 3.94. The number of nitrogens with zero attached hydrogens (tertiary/aromatic N) is 1. The standard InChI is InChI=1S/C8H9NOS/c1-5-7-6(4-11-5)3-9(2)8(7)10/h4H,3H2,1-2H3. The molecule has 2 nitrogen and oxygen atoms in total. The molecule has 1 aromatic rings. The molecule has 0 radical (unpaired) electrons. The summed E-state index contributed by atoms with van der Waals surface area (Å²) >= 11 is 1.67. The summed E-state index contributed by atoms with van der Waals surface area (Å²) in [5, 5.41) is 2.08. The molecule has 1 aliphatic rings. The van der Waals surface area contributed by atoms with Gasteiger partial charge in [0.05, 0.1) is 5.56 Å². The van der Waals surface area contributed by atoms with E-state index in [0.717, 1.165) is 17.0 Å². The van der Waals surface area contributed by atoms with E-state index in [1.807, 2.05) is 14.0 Å². The maximum absolute atomic E-state index is 11.4. The third kappa shape index (κ3) is 0.807. The fraction of sp³-hybridized carbons (Fsp3) is 0.375. The lowest BCUT2D eigenvalue weighted by molar-refractivity contribution is 0.0816. The highest BCUT2D eigenvalue weighted by Crippen LogP contribution is 2.29. The third-order valence-electron chi connectivity index (χ3n) is 2.02. The van der Waals surface area contributed by atoms with Crippen LogP contribution in [0.25, 0.3) is 0 Å². The summed E-state index contributed by atoms with van der Waals surface area (Å²) < 4.78 is 0. The molecule has 11 heavy (non-hydrogen) atoms. The Hall–Kier alpha value is -0.830. The van der Waals surface area contributed by atoms with Gasteiger partial charge in [-0.25, -0.2) is 0 Å². The molecule has 0 fully saturated rings. The summed E-state index contributed by atoms with van der Waals surface area (Å²) in [7, 11) is 1.84. The molecule has 2 rings (SSSR count). The van der Waals surface area contributed by atoms with E-state index in [4.69, 9.17) is 0 Å². The van der Waals surface area contributed by atoms with Gasteiger partial charge in [0.2, 0.25) is 0 Å². The largest absolute Gasteiger partial charge is 0.337 e. The van der Waals surface area contributed by atoms with Crippen molar-refractivity contribution in [1.29, 1.82) is 0 Å². The number of aryl methyl sites for hydroxylation is 1. The average Bonchev–Trinajstić information content (AvgIpc) is 2.41. The van der Waals surface area contributed by atoms with Crippen LogP contribution in [0.2, 0.25) is 0 Å². The Labute approximate surface area is 69.4 Å². The van der Waals surface area contributed by atoms with E-state index in [-0.39, 0.29) is 5.91 Å². The summed E-state index contributed by atoms with van der Waals surface area (Å²) in [6.07, 6.45) is 0. The van der Waals surface area contributed by atoms with Gasteiger partial charge in [-0.3, -0.25) is 4.79 Å². The van der Waals surface area contributed by atoms with Crippen molar-refractivity contribution < 1.29 is 4.79 Å². The van der Waals surface area contributed by atoms with Gasteiger partial charge in [0.1, 0.15) is 0 Å². The number of hydrogen-bond acceptors (Lipinski definition) is 2. The maximum Gasteiger partial charge on any atom is 0.255 e. The Bertz CT molecular complexity index is 316. The predicted molar refractivity (Wildman–Crippen MR) is 44.9 cm³/mol. The normalized spacial score (nSPS) is 15.8. The van der Waals surface area contributed by atoms with Crippen molar-refractivity contribution in [2.24, 2.45) is 0 Å². The molecule has 0 spiro atoms. The summed E-state index contributed by atoms with van der Waals surface area (Å²) in [5.41, 5.74) is 2.14. The molecular formula is C8H9NOS. The van der Waals surface area contributed by atoms with Gasteiger partial charge in [-0.05, 0) is 17.9 Å². The number of thiophene rings is 1. The minimum atomic E-state index is 0.179. The number of carbonyl (C=O) groups excluding carboxylic acids is 1. The molecule has 1 aliphatic heterocycles. The van der Waals surface area contributed by atoms with Gasteiger partial charge >= 0.3 is 0 Å². The van der Waals surface area contributed by atoms with Gasteiger partial charge in [0.15, 0.2) is 0 Å². The zero-order valence-electron chi connectivity index (χ0n) is 6.55. The molecular weight excluding hydrogens is 158 g/mol. The smallest absolute Gasteiger partial charge is 0.255 e. The molecule has 0 atom stereocenters. The number of fused-ring (bicyclic) bond motifs is 1. The Balaban J connectivity index is 2.58. The molecule has 1 aromatic heterocycles. The molecule has 0 bridgehead atoms. The Kier molecular flexibility index (Phi) is 1.29. The van der Waals surface area contributed by atoms with Gasteiger partial charge in [-0.15, -0.1) is 11.3 Å². The molecule has 0 aliphatic carbocycles. The fourth-order valence-corrected chi connectivity index (χ4v) is 2.27. The van der Waals surface area contributed by atoms with Crippen molar-refractivity contribution in [1.82, 2.24) is 4.90 Å². The Morgan fingerprint density at radius 2 is 2.36 bits per heavy atom. The number of carbonyl (C=O) groups is 1. The van der Waals surface area contributed by atoms with E-state index in [0.29, 0.717) is 0 Å². The van der Waals surface area contributed by atoms with E-state index in [2.05, 4.69) is 5.38 Å². The van der Waals surface area contributed by atoms with Crippen LogP contribution in [0.3, 0.4) is 0 Å². The first kappa shape index (κ1) is 6.85. The van der Waals surface area contributed by atoms with Crippen LogP contribution in [0.15, 0.2) is 5.38 Å². The van der Waals surface area contributed by atoms with Crippen molar-refractivity contribution in [3.8, 4) is 0 Å². The lowest BCUT2D eigenvalue weighted by atomic mass is 10.2. The topological polar surface area (TPSA) is 20.3 Å². The summed E-state index contributed by atoms with van der Waals surface area (Å²) in [5.74, 6) is 0.179. The average molecular weight is 167 g/mol. The van der Waals surface area contributed by atoms with Crippen LogP contribution < -0.4 is 0 Å². The monoisotopic (exact) mass is 167 g/mol. The second kappa shape index (κ2) is 2.08. The molecule has 0 unspecified atom stereocenters. The lowest BCUT2D eigenvalue weighted by Gasteiger charge is -2.05. The molecule has 58 valence electrons. The highest BCUT2D eigenvalue weighted by Gasteiger charge is 2.27. The first-order valence-corrected chi connectivity index (χ1v) is 4.40. The zero-order chi connectivity index (χ0) is 8.01. The van der Waals surface area contributed by atoms with Crippen LogP contribution in [0.5, 0.6) is 0 Å². The van der Waals surface area contributed by atoms with E-state index < -0.39 is 0 Å². The summed E-state index contributed by atoms with van der Waals surface area (Å²) in [6, 6.07) is 0. The SMILES string of the molecule is Cc1scc2c1C(=O)N(C)C2. The Morgan fingerprint density at radius 1 is 1.64 bits per heavy atom. The van der Waals surface area contributed by atoms with Crippen molar-refractivity contribution in [2.75, 3.05) is 7.05 Å². The highest BCUT2D eigenvalue weighted by molar-refractivity contribution is 7.10. The molecule has 0 aromatic carbocycles. The van der Waals surface area contributed by atoms with Gasteiger partial charge in [-0.2, -0.15) is 0 Å². The quantitative estimate of drug-likeness (QED) is 0.575. The van der Waals surface area contributed by atoms with Crippen LogP contribution in [0.1, 0.15) is 20.8 Å². The summed E-state index contributed by atoms with van der Waals surface area (Å²) in [6.45, 7) is 2.79. The molecule has 2 heterocycles. The van der Waals surface area contributed by atoms with Gasteiger partial charge < -0.3 is 4.90 Å². The third-order valence-corrected chi connectivity index (χ3v) is 2.98. The predicted octanol–water partition coefficient (Wildman–Crippen LogP) is 1.64. The van der Waals surface area contributed by atoms with Crippen molar-refractivity contribution >= 4 is 17.2 Å². The molecule has 3 heteroatoms. The first-order valence-electron chi connectivity index (χ1n) is 3.52. The minimum Gasteiger partial charge on any atom is -0.337 e. The van der Waals surface area contributed by atoms with Crippen LogP contribution in [-0.4, -0.2) is 17.9 Å². The van der Waals surface area contributed by atoms with Crippen molar-refractivity contribution in [3.63, 3.8) is 0 Å². The number of amides is 1.